The van der Waals surface area contributed by atoms with Crippen molar-refractivity contribution in [1.82, 2.24) is 14.9 Å². The predicted molar refractivity (Wildman–Crippen MR) is 150 cm³/mol. The molecule has 0 spiro atoms. The zero-order valence-corrected chi connectivity index (χ0v) is 24.4. The van der Waals surface area contributed by atoms with Gasteiger partial charge >= 0.3 is 12.2 Å². The van der Waals surface area contributed by atoms with Gasteiger partial charge in [0.05, 0.1) is 12.8 Å². The summed E-state index contributed by atoms with van der Waals surface area (Å²) in [6, 6.07) is 6.05. The van der Waals surface area contributed by atoms with Gasteiger partial charge in [-0.25, -0.2) is 14.6 Å². The number of amides is 2. The van der Waals surface area contributed by atoms with E-state index in [2.05, 4.69) is 35.0 Å². The molecule has 2 rings (SSSR count). The van der Waals surface area contributed by atoms with Gasteiger partial charge in [0, 0.05) is 50.3 Å². The fourth-order valence-corrected chi connectivity index (χ4v) is 4.06. The van der Waals surface area contributed by atoms with E-state index in [1.54, 1.807) is 45.2 Å². The topological polar surface area (TPSA) is 121 Å². The third kappa shape index (κ3) is 10.9. The van der Waals surface area contributed by atoms with Gasteiger partial charge in [0.2, 0.25) is 0 Å². The van der Waals surface area contributed by atoms with Crippen molar-refractivity contribution in [2.75, 3.05) is 19.0 Å². The number of alkyl carbamates (subject to hydrolysis) is 1. The first-order valence-corrected chi connectivity index (χ1v) is 16.2. The molecule has 0 saturated heterocycles. The van der Waals surface area contributed by atoms with Gasteiger partial charge in [0.1, 0.15) is 18.2 Å². The van der Waals surface area contributed by atoms with E-state index in [-0.39, 0.29) is 0 Å². The van der Waals surface area contributed by atoms with Gasteiger partial charge in [0.15, 0.2) is 6.29 Å². The van der Waals surface area contributed by atoms with Crippen LogP contribution in [0.15, 0.2) is 36.7 Å². The van der Waals surface area contributed by atoms with Gasteiger partial charge in [-0.2, -0.15) is 0 Å². The number of anilines is 1. The molecule has 1 aromatic carbocycles. The summed E-state index contributed by atoms with van der Waals surface area (Å²) in [4.78, 5) is 40.0. The van der Waals surface area contributed by atoms with E-state index in [9.17, 15) is 14.4 Å². The summed E-state index contributed by atoms with van der Waals surface area (Å²) < 4.78 is 17.7. The van der Waals surface area contributed by atoms with Crippen LogP contribution < -0.4 is 10.6 Å². The zero-order valence-electron chi connectivity index (χ0n) is 23.4. The standard InChI is InChI=1S/C27H40N4O6Si/c1-27(2,3)37-25(33)28-13-9-8-10-24-30-23(17-31(24)19-36-14-15-38(5,6)7)22-12-11-21(16-20(22)18-32)29-26(34)35-4/h9,11-13,16-18H,8,10,14-15,19H2,1-7H3,(H,28,33)(H,29,34). The fraction of sp³-hybridized carbons (Fsp3) is 0.481. The summed E-state index contributed by atoms with van der Waals surface area (Å²) in [6.07, 6.45) is 6.05. The summed E-state index contributed by atoms with van der Waals surface area (Å²) >= 11 is 0. The first kappa shape index (κ1) is 30.8. The number of allylic oxidation sites excluding steroid dienone is 1. The lowest BCUT2D eigenvalue weighted by molar-refractivity contribution is 0.0552. The van der Waals surface area contributed by atoms with Crippen molar-refractivity contribution in [2.45, 2.75) is 71.6 Å². The van der Waals surface area contributed by atoms with Crippen molar-refractivity contribution in [3.8, 4) is 11.3 Å². The number of nitrogens with one attached hydrogen (secondary N) is 2. The minimum Gasteiger partial charge on any atom is -0.453 e. The normalized spacial score (nSPS) is 11.9. The molecule has 0 radical (unpaired) electrons. The van der Waals surface area contributed by atoms with Gasteiger partial charge in [-0.05, 0) is 51.4 Å². The number of hydrogen-bond donors (Lipinski definition) is 2. The van der Waals surface area contributed by atoms with Gasteiger partial charge in [0.25, 0.3) is 0 Å². The first-order valence-electron chi connectivity index (χ1n) is 12.5. The smallest absolute Gasteiger partial charge is 0.411 e. The number of aldehydes is 1. The molecular weight excluding hydrogens is 504 g/mol. The van der Waals surface area contributed by atoms with Gasteiger partial charge in [-0.3, -0.25) is 15.4 Å². The van der Waals surface area contributed by atoms with E-state index in [1.807, 2.05) is 16.8 Å². The molecule has 38 heavy (non-hydrogen) atoms. The van der Waals surface area contributed by atoms with E-state index in [0.29, 0.717) is 48.7 Å². The van der Waals surface area contributed by atoms with Crippen molar-refractivity contribution in [3.63, 3.8) is 0 Å². The lowest BCUT2D eigenvalue weighted by atomic mass is 10.1. The van der Waals surface area contributed by atoms with Crippen molar-refractivity contribution < 1.29 is 28.6 Å². The average molecular weight is 545 g/mol. The van der Waals surface area contributed by atoms with Crippen molar-refractivity contribution >= 4 is 32.2 Å². The summed E-state index contributed by atoms with van der Waals surface area (Å²) in [7, 11) is 0.0459. The number of carbonyl (C=O) groups is 3. The van der Waals surface area contributed by atoms with Crippen molar-refractivity contribution in [2.24, 2.45) is 0 Å². The number of methoxy groups -OCH3 is 1. The molecule has 0 aliphatic rings. The second-order valence-electron chi connectivity index (χ2n) is 11.0. The summed E-state index contributed by atoms with van der Waals surface area (Å²) in [5, 5.41) is 5.16. The van der Waals surface area contributed by atoms with E-state index < -0.39 is 25.9 Å². The number of rotatable bonds is 12. The third-order valence-electron chi connectivity index (χ3n) is 5.22. The number of nitrogens with zero attached hydrogens (tertiary/aromatic N) is 2. The number of aromatic nitrogens is 2. The Balaban J connectivity index is 2.19. The molecule has 0 aliphatic carbocycles. The van der Waals surface area contributed by atoms with Gasteiger partial charge in [-0.1, -0.05) is 25.7 Å². The number of carbonyl (C=O) groups excluding carboxylic acids is 3. The molecule has 208 valence electrons. The van der Waals surface area contributed by atoms with Crippen LogP contribution >= 0.6 is 0 Å². The molecule has 0 saturated carbocycles. The van der Waals surface area contributed by atoms with Crippen LogP contribution in [0.1, 0.15) is 43.4 Å². The summed E-state index contributed by atoms with van der Waals surface area (Å²) in [6.45, 7) is 13.3. The van der Waals surface area contributed by atoms with E-state index in [4.69, 9.17) is 14.5 Å². The largest absolute Gasteiger partial charge is 0.453 e. The molecule has 0 fully saturated rings. The fourth-order valence-electron chi connectivity index (χ4n) is 3.31. The van der Waals surface area contributed by atoms with Gasteiger partial charge < -0.3 is 18.8 Å². The number of benzene rings is 1. The molecule has 11 heteroatoms. The highest BCUT2D eigenvalue weighted by Crippen LogP contribution is 2.26. The summed E-state index contributed by atoms with van der Waals surface area (Å²) in [5.74, 6) is 0.781. The molecule has 0 atom stereocenters. The lowest BCUT2D eigenvalue weighted by Gasteiger charge is -2.18. The number of hydrogen-bond acceptors (Lipinski definition) is 7. The molecule has 0 bridgehead atoms. The van der Waals surface area contributed by atoms with E-state index in [0.717, 1.165) is 18.2 Å². The maximum atomic E-state index is 11.8. The maximum Gasteiger partial charge on any atom is 0.411 e. The average Bonchev–Trinajstić information content (AvgIpc) is 3.22. The highest BCUT2D eigenvalue weighted by atomic mass is 28.3. The molecule has 2 N–H and O–H groups in total. The van der Waals surface area contributed by atoms with Crippen LogP contribution in [-0.2, 0) is 27.4 Å². The minimum absolute atomic E-state index is 0.338. The zero-order chi connectivity index (χ0) is 28.3. The predicted octanol–water partition coefficient (Wildman–Crippen LogP) is 5.82. The highest BCUT2D eigenvalue weighted by molar-refractivity contribution is 6.76. The lowest BCUT2D eigenvalue weighted by Crippen LogP contribution is -2.29. The number of imidazole rings is 1. The summed E-state index contributed by atoms with van der Waals surface area (Å²) in [5.41, 5.74) is 1.52. The number of aryl methyl sites for hydroxylation is 1. The second kappa shape index (κ2) is 13.9. The molecule has 1 heterocycles. The second-order valence-corrected chi connectivity index (χ2v) is 16.6. The molecule has 1 aromatic heterocycles. The highest BCUT2D eigenvalue weighted by Gasteiger charge is 2.16. The Hall–Kier alpha value is -3.44. The molecule has 0 aliphatic heterocycles. The Morgan fingerprint density at radius 2 is 1.89 bits per heavy atom. The van der Waals surface area contributed by atoms with E-state index >= 15 is 0 Å². The quantitative estimate of drug-likeness (QED) is 0.196. The van der Waals surface area contributed by atoms with E-state index in [1.165, 1.54) is 7.11 Å². The Morgan fingerprint density at radius 1 is 1.16 bits per heavy atom. The monoisotopic (exact) mass is 544 g/mol. The minimum atomic E-state index is -1.23. The first-order chi connectivity index (χ1) is 17.8. The van der Waals surface area contributed by atoms with Crippen LogP contribution in [0.4, 0.5) is 15.3 Å². The van der Waals surface area contributed by atoms with Crippen LogP contribution in [0.5, 0.6) is 0 Å². The Bertz CT molecular complexity index is 1130. The maximum absolute atomic E-state index is 11.8. The number of ether oxygens (including phenoxy) is 3. The van der Waals surface area contributed by atoms with Crippen LogP contribution in [-0.4, -0.2) is 55.4 Å². The Kier molecular flexibility index (Phi) is 11.3. The van der Waals surface area contributed by atoms with Crippen LogP contribution in [0.3, 0.4) is 0 Å². The van der Waals surface area contributed by atoms with Gasteiger partial charge in [-0.15, -0.1) is 0 Å². The Labute approximate surface area is 225 Å². The van der Waals surface area contributed by atoms with Crippen LogP contribution in [0.2, 0.25) is 25.7 Å². The molecule has 2 amide bonds. The molecule has 10 nitrogen and oxygen atoms in total. The molecular formula is C27H40N4O6Si. The molecule has 0 unspecified atom stereocenters. The SMILES string of the molecule is COC(=O)Nc1ccc(-c2cn(COCC[Si](C)(C)C)c(CCC=CNC(=O)OC(C)(C)C)n2)c(C=O)c1. The van der Waals surface area contributed by atoms with Crippen LogP contribution in [0.25, 0.3) is 11.3 Å². The van der Waals surface area contributed by atoms with Crippen molar-refractivity contribution in [3.05, 3.63) is 48.1 Å². The van der Waals surface area contributed by atoms with Crippen molar-refractivity contribution in [1.29, 1.82) is 0 Å². The molecule has 2 aromatic rings. The van der Waals surface area contributed by atoms with Crippen LogP contribution in [0, 0.1) is 0 Å². The Morgan fingerprint density at radius 3 is 2.53 bits per heavy atom. The third-order valence-corrected chi connectivity index (χ3v) is 6.93.